The highest BCUT2D eigenvalue weighted by Gasteiger charge is 1.92. The van der Waals surface area contributed by atoms with Gasteiger partial charge in [-0.05, 0) is 25.7 Å². The number of rotatable bonds is 0. The maximum absolute atomic E-state index is 2.32. The van der Waals surface area contributed by atoms with Gasteiger partial charge in [-0.1, -0.05) is 50.7 Å². The smallest absolute Gasteiger partial charge is 0.0171 e. The molecule has 1 aliphatic rings. The third-order valence-corrected chi connectivity index (χ3v) is 2.51. The Morgan fingerprint density at radius 2 is 1.17 bits per heavy atom. The van der Waals surface area contributed by atoms with E-state index in [1.165, 1.54) is 57.8 Å². The Bertz CT molecular complexity index is 99.2. The second-order valence-electron chi connectivity index (χ2n) is 3.72. The van der Waals surface area contributed by atoms with Crippen LogP contribution in [0.3, 0.4) is 0 Å². The fourth-order valence-corrected chi connectivity index (χ4v) is 1.70. The molecule has 0 nitrogen and oxygen atoms in total. The Kier molecular flexibility index (Phi) is 6.05. The lowest BCUT2D eigenvalue weighted by molar-refractivity contribution is 0.578. The number of hydrogen-bond donors (Lipinski definition) is 0. The van der Waals surface area contributed by atoms with Crippen molar-refractivity contribution in [2.75, 3.05) is 0 Å². The molecule has 1 rings (SSSR count). The highest BCUT2D eigenvalue weighted by molar-refractivity contribution is 4.94. The Balaban J connectivity index is 2.10. The fourth-order valence-electron chi connectivity index (χ4n) is 1.70. The molecule has 0 saturated carbocycles. The van der Waals surface area contributed by atoms with E-state index in [4.69, 9.17) is 0 Å². The van der Waals surface area contributed by atoms with Gasteiger partial charge >= 0.3 is 0 Å². The predicted octanol–water partition coefficient (Wildman–Crippen LogP) is 4.27. The second-order valence-corrected chi connectivity index (χ2v) is 3.72. The van der Waals surface area contributed by atoms with E-state index in [9.17, 15) is 0 Å². The SMILES string of the molecule is [CH]1/C=C/CCCCCCCCC1. The Hall–Kier alpha value is -0.260. The molecular weight excluding hydrogens is 144 g/mol. The van der Waals surface area contributed by atoms with E-state index in [0.29, 0.717) is 0 Å². The van der Waals surface area contributed by atoms with Crippen molar-refractivity contribution < 1.29 is 0 Å². The van der Waals surface area contributed by atoms with Gasteiger partial charge in [0, 0.05) is 0 Å². The minimum Gasteiger partial charge on any atom is -0.0882 e. The average Bonchev–Trinajstić information content (AvgIpc) is 2.05. The number of allylic oxidation sites excluding steroid dienone is 2. The summed E-state index contributed by atoms with van der Waals surface area (Å²) in [6.45, 7) is 0. The Morgan fingerprint density at radius 3 is 1.92 bits per heavy atom. The predicted molar refractivity (Wildman–Crippen MR) is 55.0 cm³/mol. The molecule has 0 aromatic rings. The topological polar surface area (TPSA) is 0 Å². The summed E-state index contributed by atoms with van der Waals surface area (Å²) >= 11 is 0. The summed E-state index contributed by atoms with van der Waals surface area (Å²) in [5.74, 6) is 0. The molecule has 0 fully saturated rings. The van der Waals surface area contributed by atoms with E-state index in [2.05, 4.69) is 18.6 Å². The molecule has 1 radical (unpaired) electrons. The molecule has 0 unspecified atom stereocenters. The zero-order valence-corrected chi connectivity index (χ0v) is 8.10. The maximum Gasteiger partial charge on any atom is -0.0171 e. The van der Waals surface area contributed by atoms with Crippen LogP contribution in [0, 0.1) is 6.42 Å². The molecule has 0 heterocycles. The first-order valence-corrected chi connectivity index (χ1v) is 5.48. The zero-order chi connectivity index (χ0) is 8.49. The summed E-state index contributed by atoms with van der Waals surface area (Å²) in [4.78, 5) is 0. The second kappa shape index (κ2) is 7.39. The molecule has 0 amide bonds. The van der Waals surface area contributed by atoms with Gasteiger partial charge in [-0.15, -0.1) is 0 Å². The Morgan fingerprint density at radius 1 is 0.583 bits per heavy atom. The van der Waals surface area contributed by atoms with Crippen molar-refractivity contribution in [2.24, 2.45) is 0 Å². The summed E-state index contributed by atoms with van der Waals surface area (Å²) in [6, 6.07) is 0. The van der Waals surface area contributed by atoms with Crippen LogP contribution in [0.15, 0.2) is 12.2 Å². The molecule has 0 aromatic heterocycles. The van der Waals surface area contributed by atoms with Crippen molar-refractivity contribution >= 4 is 0 Å². The lowest BCUT2D eigenvalue weighted by Crippen LogP contribution is -1.83. The molecule has 0 spiro atoms. The van der Waals surface area contributed by atoms with Crippen molar-refractivity contribution in [3.63, 3.8) is 0 Å². The van der Waals surface area contributed by atoms with Crippen LogP contribution in [0.25, 0.3) is 0 Å². The minimum absolute atomic E-state index is 1.29. The van der Waals surface area contributed by atoms with Gasteiger partial charge in [-0.25, -0.2) is 0 Å². The summed E-state index contributed by atoms with van der Waals surface area (Å²) in [5.41, 5.74) is 0. The molecule has 0 atom stereocenters. The largest absolute Gasteiger partial charge is 0.0882 e. The molecule has 12 heavy (non-hydrogen) atoms. The van der Waals surface area contributed by atoms with Crippen molar-refractivity contribution in [1.82, 2.24) is 0 Å². The molecule has 0 aromatic carbocycles. The third-order valence-electron chi connectivity index (χ3n) is 2.51. The molecule has 1 aliphatic carbocycles. The normalized spacial score (nSPS) is 25.3. The molecule has 69 valence electrons. The zero-order valence-electron chi connectivity index (χ0n) is 8.10. The standard InChI is InChI=1S/C12H21/c1-2-4-6-8-10-12-11-9-7-5-3-1/h1-3H,4-12H2/b2-1+. The molecule has 0 N–H and O–H groups in total. The maximum atomic E-state index is 2.32. The van der Waals surface area contributed by atoms with Crippen LogP contribution in [0.1, 0.15) is 57.8 Å². The third kappa shape index (κ3) is 5.40. The molecule has 0 saturated heterocycles. The first-order valence-electron chi connectivity index (χ1n) is 5.48. The van der Waals surface area contributed by atoms with E-state index < -0.39 is 0 Å². The van der Waals surface area contributed by atoms with E-state index in [0.717, 1.165) is 0 Å². The highest BCUT2D eigenvalue weighted by Crippen LogP contribution is 2.12. The summed E-state index contributed by atoms with van der Waals surface area (Å²) in [5, 5.41) is 0. The van der Waals surface area contributed by atoms with Crippen LogP contribution in [-0.2, 0) is 0 Å². The van der Waals surface area contributed by atoms with E-state index in [1.807, 2.05) is 0 Å². The summed E-state index contributed by atoms with van der Waals surface area (Å²) < 4.78 is 0. The summed E-state index contributed by atoms with van der Waals surface area (Å²) in [7, 11) is 0. The monoisotopic (exact) mass is 165 g/mol. The fraction of sp³-hybridized carbons (Fsp3) is 0.750. The molecule has 0 aliphatic heterocycles. The van der Waals surface area contributed by atoms with Gasteiger partial charge in [0.25, 0.3) is 0 Å². The van der Waals surface area contributed by atoms with Crippen molar-refractivity contribution in [1.29, 1.82) is 0 Å². The number of hydrogen-bond acceptors (Lipinski definition) is 0. The van der Waals surface area contributed by atoms with Crippen LogP contribution in [0.2, 0.25) is 0 Å². The van der Waals surface area contributed by atoms with Crippen molar-refractivity contribution in [3.8, 4) is 0 Å². The first kappa shape index (κ1) is 9.83. The van der Waals surface area contributed by atoms with Gasteiger partial charge in [0.2, 0.25) is 0 Å². The molecular formula is C12H21. The summed E-state index contributed by atoms with van der Waals surface area (Å²) in [6.07, 6.45) is 19.5. The van der Waals surface area contributed by atoms with Gasteiger partial charge < -0.3 is 0 Å². The van der Waals surface area contributed by atoms with E-state index >= 15 is 0 Å². The van der Waals surface area contributed by atoms with Crippen LogP contribution in [0.5, 0.6) is 0 Å². The Labute approximate surface area is 77.1 Å². The molecule has 0 heteroatoms. The van der Waals surface area contributed by atoms with Gasteiger partial charge in [0.15, 0.2) is 0 Å². The van der Waals surface area contributed by atoms with Gasteiger partial charge in [0.05, 0.1) is 0 Å². The lowest BCUT2D eigenvalue weighted by atomic mass is 10.0. The average molecular weight is 165 g/mol. The van der Waals surface area contributed by atoms with Gasteiger partial charge in [-0.3, -0.25) is 0 Å². The van der Waals surface area contributed by atoms with E-state index in [-0.39, 0.29) is 0 Å². The van der Waals surface area contributed by atoms with Crippen LogP contribution < -0.4 is 0 Å². The van der Waals surface area contributed by atoms with Crippen molar-refractivity contribution in [3.05, 3.63) is 18.6 Å². The molecule has 0 bridgehead atoms. The van der Waals surface area contributed by atoms with Crippen LogP contribution >= 0.6 is 0 Å². The van der Waals surface area contributed by atoms with Crippen molar-refractivity contribution in [2.45, 2.75) is 57.8 Å². The lowest BCUT2D eigenvalue weighted by Gasteiger charge is -2.02. The van der Waals surface area contributed by atoms with Crippen LogP contribution in [0.4, 0.5) is 0 Å². The highest BCUT2D eigenvalue weighted by atomic mass is 14.0. The quantitative estimate of drug-likeness (QED) is 0.503. The first-order chi connectivity index (χ1) is 6.00. The minimum atomic E-state index is 1.29. The van der Waals surface area contributed by atoms with Crippen LogP contribution in [-0.4, -0.2) is 0 Å². The van der Waals surface area contributed by atoms with E-state index in [1.54, 1.807) is 0 Å². The van der Waals surface area contributed by atoms with Gasteiger partial charge in [-0.2, -0.15) is 0 Å². The van der Waals surface area contributed by atoms with Gasteiger partial charge in [0.1, 0.15) is 0 Å².